The van der Waals surface area contributed by atoms with Gasteiger partial charge in [0.05, 0.1) is 0 Å². The minimum atomic E-state index is -1.44. The molecule has 0 aromatic heterocycles. The van der Waals surface area contributed by atoms with Crippen LogP contribution in [0.2, 0.25) is 0 Å². The maximum absolute atomic E-state index is 11.5. The molecule has 1 radical (unpaired) electrons. The molecular formula is C4H8FO2. The van der Waals surface area contributed by atoms with Crippen LogP contribution in [0.3, 0.4) is 0 Å². The summed E-state index contributed by atoms with van der Waals surface area (Å²) >= 11 is 0. The van der Waals surface area contributed by atoms with Crippen LogP contribution in [0.1, 0.15) is 13.8 Å². The first kappa shape index (κ1) is 6.85. The van der Waals surface area contributed by atoms with E-state index in [1.54, 1.807) is 0 Å². The smallest absolute Gasteiger partial charge is 0.198 e. The van der Waals surface area contributed by atoms with Gasteiger partial charge < -0.3 is 4.74 Å². The number of hydrogen-bond donors (Lipinski definition) is 0. The van der Waals surface area contributed by atoms with E-state index in [1.807, 2.05) is 0 Å². The average Bonchev–Trinajstić information content (AvgIpc) is 1.27. The lowest BCUT2D eigenvalue weighted by Crippen LogP contribution is -2.09. The van der Waals surface area contributed by atoms with Crippen LogP contribution in [0.15, 0.2) is 0 Å². The van der Waals surface area contributed by atoms with Gasteiger partial charge in [0.25, 0.3) is 0 Å². The van der Waals surface area contributed by atoms with Crippen molar-refractivity contribution in [3.05, 3.63) is 0 Å². The molecule has 0 fully saturated rings. The van der Waals surface area contributed by atoms with Gasteiger partial charge in [-0.3, -0.25) is 0 Å². The highest BCUT2D eigenvalue weighted by atomic mass is 19.1. The zero-order valence-electron chi connectivity index (χ0n) is 4.35. The van der Waals surface area contributed by atoms with E-state index in [0.717, 1.165) is 0 Å². The molecular weight excluding hydrogens is 99.0 g/mol. The van der Waals surface area contributed by atoms with Gasteiger partial charge in [0.15, 0.2) is 12.6 Å². The monoisotopic (exact) mass is 107 g/mol. The highest BCUT2D eigenvalue weighted by molar-refractivity contribution is 4.24. The Bertz CT molecular complexity index is 39.0. The predicted octanol–water partition coefficient (Wildman–Crippen LogP) is 1.09. The second kappa shape index (κ2) is 2.93. The van der Waals surface area contributed by atoms with Gasteiger partial charge in [0, 0.05) is 0 Å². The van der Waals surface area contributed by atoms with Crippen molar-refractivity contribution in [2.24, 2.45) is 0 Å². The summed E-state index contributed by atoms with van der Waals surface area (Å²) in [5, 5.41) is 9.88. The SMILES string of the molecule is CC([O])OC(C)F. The van der Waals surface area contributed by atoms with E-state index >= 15 is 0 Å². The Labute approximate surface area is 41.9 Å². The lowest BCUT2D eigenvalue weighted by atomic mass is 10.7. The molecule has 2 nitrogen and oxygen atoms in total. The Morgan fingerprint density at radius 3 is 2.00 bits per heavy atom. The molecule has 0 saturated carbocycles. The van der Waals surface area contributed by atoms with Crippen molar-refractivity contribution in [3.8, 4) is 0 Å². The number of hydrogen-bond acceptors (Lipinski definition) is 1. The Balaban J connectivity index is 2.95. The summed E-state index contributed by atoms with van der Waals surface area (Å²) in [6, 6.07) is 0. The molecule has 0 aliphatic carbocycles. The summed E-state index contributed by atoms with van der Waals surface area (Å²) in [4.78, 5) is 0. The molecule has 2 unspecified atom stereocenters. The lowest BCUT2D eigenvalue weighted by molar-refractivity contribution is -0.187. The quantitative estimate of drug-likeness (QED) is 0.486. The molecule has 0 amide bonds. The molecule has 0 rings (SSSR count). The zero-order chi connectivity index (χ0) is 5.86. The molecule has 0 saturated heterocycles. The summed E-state index contributed by atoms with van der Waals surface area (Å²) < 4.78 is 15.6. The summed E-state index contributed by atoms with van der Waals surface area (Å²) in [5.74, 6) is 0. The first-order valence-corrected chi connectivity index (χ1v) is 2.08. The van der Waals surface area contributed by atoms with E-state index in [1.165, 1.54) is 13.8 Å². The average molecular weight is 107 g/mol. The van der Waals surface area contributed by atoms with Gasteiger partial charge in [0.1, 0.15) is 0 Å². The van der Waals surface area contributed by atoms with Crippen molar-refractivity contribution in [1.29, 1.82) is 0 Å². The molecule has 3 heteroatoms. The van der Waals surface area contributed by atoms with Gasteiger partial charge in [-0.25, -0.2) is 9.50 Å². The van der Waals surface area contributed by atoms with Crippen molar-refractivity contribution in [2.75, 3.05) is 0 Å². The summed E-state index contributed by atoms with van der Waals surface area (Å²) in [6.07, 6.45) is -2.69. The van der Waals surface area contributed by atoms with Gasteiger partial charge in [-0.15, -0.1) is 0 Å². The lowest BCUT2D eigenvalue weighted by Gasteiger charge is -2.02. The number of halogens is 1. The Morgan fingerprint density at radius 1 is 1.57 bits per heavy atom. The normalized spacial score (nSPS) is 18.9. The molecule has 0 aromatic carbocycles. The molecule has 43 valence electrons. The van der Waals surface area contributed by atoms with Crippen LogP contribution in [-0.2, 0) is 9.84 Å². The molecule has 0 aliphatic rings. The highest BCUT2D eigenvalue weighted by Gasteiger charge is 2.01. The topological polar surface area (TPSA) is 29.1 Å². The largest absolute Gasteiger partial charge is 0.316 e. The summed E-state index contributed by atoms with van der Waals surface area (Å²) in [7, 11) is 0. The number of alkyl halides is 1. The molecule has 0 heterocycles. The Morgan fingerprint density at radius 2 is 2.00 bits per heavy atom. The van der Waals surface area contributed by atoms with E-state index in [0.29, 0.717) is 0 Å². The van der Waals surface area contributed by atoms with Crippen molar-refractivity contribution < 1.29 is 14.2 Å². The van der Waals surface area contributed by atoms with Gasteiger partial charge in [-0.1, -0.05) is 0 Å². The molecule has 2 atom stereocenters. The minimum absolute atomic E-state index is 1.18. The fourth-order valence-corrected chi connectivity index (χ4v) is 0.264. The van der Waals surface area contributed by atoms with Crippen molar-refractivity contribution in [1.82, 2.24) is 0 Å². The molecule has 0 aromatic rings. The third-order valence-electron chi connectivity index (χ3n) is 0.379. The molecule has 0 bridgehead atoms. The third kappa shape index (κ3) is 5.85. The van der Waals surface area contributed by atoms with E-state index in [-0.39, 0.29) is 0 Å². The van der Waals surface area contributed by atoms with Gasteiger partial charge in [-0.2, -0.15) is 0 Å². The Kier molecular flexibility index (Phi) is 2.87. The highest BCUT2D eigenvalue weighted by Crippen LogP contribution is 1.94. The molecule has 0 aliphatic heterocycles. The maximum atomic E-state index is 11.5. The second-order valence-electron chi connectivity index (χ2n) is 1.25. The van der Waals surface area contributed by atoms with E-state index in [4.69, 9.17) is 0 Å². The summed E-state index contributed by atoms with van der Waals surface area (Å²) in [5.41, 5.74) is 0. The van der Waals surface area contributed by atoms with Crippen LogP contribution < -0.4 is 0 Å². The number of rotatable bonds is 2. The van der Waals surface area contributed by atoms with Crippen LogP contribution in [0, 0.1) is 0 Å². The van der Waals surface area contributed by atoms with E-state index < -0.39 is 12.6 Å². The zero-order valence-corrected chi connectivity index (χ0v) is 4.35. The first-order chi connectivity index (χ1) is 3.13. The van der Waals surface area contributed by atoms with Crippen LogP contribution >= 0.6 is 0 Å². The van der Waals surface area contributed by atoms with Gasteiger partial charge in [-0.05, 0) is 13.8 Å². The standard InChI is InChI=1S/C4H8FO2/c1-3(5)7-4(2)6/h3-4H,1-2H3. The fraction of sp³-hybridized carbons (Fsp3) is 1.00. The van der Waals surface area contributed by atoms with Crippen molar-refractivity contribution in [2.45, 2.75) is 26.5 Å². The fourth-order valence-electron chi connectivity index (χ4n) is 0.264. The van der Waals surface area contributed by atoms with Crippen LogP contribution in [0.25, 0.3) is 0 Å². The maximum Gasteiger partial charge on any atom is 0.198 e. The van der Waals surface area contributed by atoms with Gasteiger partial charge in [0.2, 0.25) is 0 Å². The van der Waals surface area contributed by atoms with E-state index in [2.05, 4.69) is 4.74 Å². The molecule has 7 heavy (non-hydrogen) atoms. The molecule has 0 spiro atoms. The number of ether oxygens (including phenoxy) is 1. The van der Waals surface area contributed by atoms with Crippen LogP contribution in [-0.4, -0.2) is 12.6 Å². The predicted molar refractivity (Wildman–Crippen MR) is 21.8 cm³/mol. The second-order valence-corrected chi connectivity index (χ2v) is 1.25. The van der Waals surface area contributed by atoms with Crippen LogP contribution in [0.5, 0.6) is 0 Å². The minimum Gasteiger partial charge on any atom is -0.316 e. The molecule has 0 N–H and O–H groups in total. The van der Waals surface area contributed by atoms with Crippen LogP contribution in [0.4, 0.5) is 4.39 Å². The van der Waals surface area contributed by atoms with Crippen molar-refractivity contribution >= 4 is 0 Å². The summed E-state index contributed by atoms with van der Waals surface area (Å²) in [6.45, 7) is 2.42. The Hall–Kier alpha value is -0.150. The van der Waals surface area contributed by atoms with Crippen molar-refractivity contribution in [3.63, 3.8) is 0 Å². The van der Waals surface area contributed by atoms with Gasteiger partial charge >= 0.3 is 0 Å². The first-order valence-electron chi connectivity index (χ1n) is 2.08. The third-order valence-corrected chi connectivity index (χ3v) is 0.379. The van der Waals surface area contributed by atoms with E-state index in [9.17, 15) is 9.50 Å².